The van der Waals surface area contributed by atoms with Gasteiger partial charge in [-0.05, 0) is 42.8 Å². The fraction of sp³-hybridized carbons (Fsp3) is 0.318. The number of ether oxygens (including phenoxy) is 1. The van der Waals surface area contributed by atoms with E-state index >= 15 is 0 Å². The standard InChI is InChI=1S/C22H25N3O5S/c1-2-3-7-15-29-18-12-10-17(11-13-18)21(26)23-22-25-24-20(30-22)14-16-31(27,28)19-8-5-4-6-9-19/h4-6,8-13H,2-3,7,14-16H2,1H3,(H,23,25,26). The highest BCUT2D eigenvalue weighted by Gasteiger charge is 2.17. The van der Waals surface area contributed by atoms with Crippen molar-refractivity contribution in [3.8, 4) is 5.75 Å². The van der Waals surface area contributed by atoms with Gasteiger partial charge in [0.1, 0.15) is 5.75 Å². The highest BCUT2D eigenvalue weighted by Crippen LogP contribution is 2.16. The number of anilines is 1. The van der Waals surface area contributed by atoms with Crippen LogP contribution >= 0.6 is 0 Å². The monoisotopic (exact) mass is 443 g/mol. The SMILES string of the molecule is CCCCCOc1ccc(C(=O)Nc2nnc(CCS(=O)(=O)c3ccccc3)o2)cc1. The maximum atomic E-state index is 12.4. The van der Waals surface area contributed by atoms with Crippen molar-refractivity contribution in [1.82, 2.24) is 10.2 Å². The number of carbonyl (C=O) groups is 1. The number of sulfone groups is 1. The van der Waals surface area contributed by atoms with Crippen LogP contribution in [0.15, 0.2) is 63.9 Å². The Morgan fingerprint density at radius 1 is 1.03 bits per heavy atom. The molecule has 0 unspecified atom stereocenters. The van der Waals surface area contributed by atoms with Crippen molar-refractivity contribution in [2.75, 3.05) is 17.7 Å². The molecule has 0 atom stereocenters. The van der Waals surface area contributed by atoms with Gasteiger partial charge in [-0.3, -0.25) is 10.1 Å². The molecule has 2 aromatic carbocycles. The third-order valence-corrected chi connectivity index (χ3v) is 6.24. The third kappa shape index (κ3) is 6.65. The van der Waals surface area contributed by atoms with Crippen LogP contribution in [0.2, 0.25) is 0 Å². The van der Waals surface area contributed by atoms with Gasteiger partial charge in [0.05, 0.1) is 17.3 Å². The Morgan fingerprint density at radius 2 is 1.77 bits per heavy atom. The molecule has 0 aliphatic carbocycles. The first kappa shape index (κ1) is 22.5. The Kier molecular flexibility index (Phi) is 7.77. The van der Waals surface area contributed by atoms with Crippen LogP contribution < -0.4 is 10.1 Å². The highest BCUT2D eigenvalue weighted by atomic mass is 32.2. The number of aromatic nitrogens is 2. The average molecular weight is 444 g/mol. The molecule has 1 N–H and O–H groups in total. The van der Waals surface area contributed by atoms with E-state index in [1.165, 1.54) is 12.1 Å². The van der Waals surface area contributed by atoms with Gasteiger partial charge in [-0.25, -0.2) is 8.42 Å². The summed E-state index contributed by atoms with van der Waals surface area (Å²) in [4.78, 5) is 12.6. The molecule has 8 nitrogen and oxygen atoms in total. The van der Waals surface area contributed by atoms with E-state index in [-0.39, 0.29) is 29.0 Å². The number of hydrogen-bond donors (Lipinski definition) is 1. The number of amides is 1. The second-order valence-electron chi connectivity index (χ2n) is 6.92. The van der Waals surface area contributed by atoms with Crippen molar-refractivity contribution in [2.24, 2.45) is 0 Å². The Hall–Kier alpha value is -3.20. The molecule has 31 heavy (non-hydrogen) atoms. The second-order valence-corrected chi connectivity index (χ2v) is 9.03. The molecular formula is C22H25N3O5S. The Bertz CT molecular complexity index is 1080. The number of benzene rings is 2. The van der Waals surface area contributed by atoms with E-state index in [1.807, 2.05) is 0 Å². The van der Waals surface area contributed by atoms with Gasteiger partial charge in [-0.1, -0.05) is 43.1 Å². The Labute approximate surface area is 181 Å². The molecule has 0 bridgehead atoms. The van der Waals surface area contributed by atoms with Crippen LogP contribution in [0, 0.1) is 0 Å². The molecule has 1 amide bonds. The highest BCUT2D eigenvalue weighted by molar-refractivity contribution is 7.91. The Morgan fingerprint density at radius 3 is 2.48 bits per heavy atom. The van der Waals surface area contributed by atoms with Crippen molar-refractivity contribution >= 4 is 21.8 Å². The fourth-order valence-corrected chi connectivity index (χ4v) is 4.04. The summed E-state index contributed by atoms with van der Waals surface area (Å²) in [6, 6.07) is 14.8. The summed E-state index contributed by atoms with van der Waals surface area (Å²) in [5.41, 5.74) is 0.410. The molecular weight excluding hydrogens is 418 g/mol. The largest absolute Gasteiger partial charge is 0.494 e. The first-order chi connectivity index (χ1) is 15.0. The maximum Gasteiger partial charge on any atom is 0.322 e. The minimum atomic E-state index is -3.46. The summed E-state index contributed by atoms with van der Waals surface area (Å²) in [5, 5.41) is 10.1. The average Bonchev–Trinajstić information content (AvgIpc) is 3.24. The summed E-state index contributed by atoms with van der Waals surface area (Å²) in [6.07, 6.45) is 3.28. The van der Waals surface area contributed by atoms with Crippen molar-refractivity contribution in [1.29, 1.82) is 0 Å². The van der Waals surface area contributed by atoms with Crippen LogP contribution in [0.5, 0.6) is 5.75 Å². The zero-order chi connectivity index (χ0) is 22.1. The van der Waals surface area contributed by atoms with Crippen LogP contribution in [-0.2, 0) is 16.3 Å². The van der Waals surface area contributed by atoms with Crippen molar-refractivity contribution in [3.63, 3.8) is 0 Å². The zero-order valence-corrected chi connectivity index (χ0v) is 18.1. The lowest BCUT2D eigenvalue weighted by molar-refractivity contribution is 0.102. The summed E-state index contributed by atoms with van der Waals surface area (Å²) in [6.45, 7) is 2.77. The number of unbranched alkanes of at least 4 members (excludes halogenated alkanes) is 2. The normalized spacial score (nSPS) is 11.3. The van der Waals surface area contributed by atoms with Crippen LogP contribution in [0.4, 0.5) is 6.01 Å². The third-order valence-electron chi connectivity index (χ3n) is 4.51. The second kappa shape index (κ2) is 10.7. The molecule has 0 radical (unpaired) electrons. The lowest BCUT2D eigenvalue weighted by atomic mass is 10.2. The number of carbonyl (C=O) groups excluding carboxylic acids is 1. The number of aryl methyl sites for hydroxylation is 1. The van der Waals surface area contributed by atoms with Crippen LogP contribution in [-0.4, -0.2) is 36.9 Å². The minimum Gasteiger partial charge on any atom is -0.494 e. The summed E-state index contributed by atoms with van der Waals surface area (Å²) in [7, 11) is -3.46. The molecule has 164 valence electrons. The number of rotatable bonds is 11. The van der Waals surface area contributed by atoms with Gasteiger partial charge in [-0.15, -0.1) is 5.10 Å². The molecule has 9 heteroatoms. The molecule has 0 aliphatic heterocycles. The summed E-state index contributed by atoms with van der Waals surface area (Å²) >= 11 is 0. The van der Waals surface area contributed by atoms with Crippen LogP contribution in [0.3, 0.4) is 0 Å². The van der Waals surface area contributed by atoms with Crippen molar-refractivity contribution in [2.45, 2.75) is 37.5 Å². The lowest BCUT2D eigenvalue weighted by Crippen LogP contribution is -2.12. The van der Waals surface area contributed by atoms with E-state index in [0.29, 0.717) is 17.9 Å². The van der Waals surface area contributed by atoms with E-state index < -0.39 is 15.7 Å². The quantitative estimate of drug-likeness (QED) is 0.447. The van der Waals surface area contributed by atoms with Gasteiger partial charge in [0.15, 0.2) is 9.84 Å². The number of hydrogen-bond acceptors (Lipinski definition) is 7. The lowest BCUT2D eigenvalue weighted by Gasteiger charge is -2.06. The molecule has 3 rings (SSSR count). The molecule has 3 aromatic rings. The van der Waals surface area contributed by atoms with Gasteiger partial charge in [0.2, 0.25) is 5.89 Å². The molecule has 0 saturated heterocycles. The first-order valence-electron chi connectivity index (χ1n) is 10.1. The molecule has 0 saturated carbocycles. The fourth-order valence-electron chi connectivity index (χ4n) is 2.79. The van der Waals surface area contributed by atoms with E-state index in [1.54, 1.807) is 42.5 Å². The summed E-state index contributed by atoms with van der Waals surface area (Å²) in [5.74, 6) is 0.245. The molecule has 1 aromatic heterocycles. The smallest absolute Gasteiger partial charge is 0.322 e. The Balaban J connectivity index is 1.51. The predicted octanol–water partition coefficient (Wildman–Crippen LogP) is 3.91. The van der Waals surface area contributed by atoms with E-state index in [4.69, 9.17) is 9.15 Å². The number of nitrogens with one attached hydrogen (secondary N) is 1. The van der Waals surface area contributed by atoms with Crippen LogP contribution in [0.1, 0.15) is 42.4 Å². The van der Waals surface area contributed by atoms with Crippen molar-refractivity contribution < 1.29 is 22.4 Å². The molecule has 0 spiro atoms. The topological polar surface area (TPSA) is 111 Å². The molecule has 0 aliphatic rings. The van der Waals surface area contributed by atoms with Gasteiger partial charge < -0.3 is 9.15 Å². The predicted molar refractivity (Wildman–Crippen MR) is 116 cm³/mol. The zero-order valence-electron chi connectivity index (χ0n) is 17.3. The van der Waals surface area contributed by atoms with E-state index in [9.17, 15) is 13.2 Å². The molecule has 1 heterocycles. The minimum absolute atomic E-state index is 0.0458. The maximum absolute atomic E-state index is 12.4. The van der Waals surface area contributed by atoms with E-state index in [2.05, 4.69) is 22.4 Å². The van der Waals surface area contributed by atoms with Gasteiger partial charge in [0, 0.05) is 12.0 Å². The van der Waals surface area contributed by atoms with E-state index in [0.717, 1.165) is 19.3 Å². The molecule has 0 fully saturated rings. The van der Waals surface area contributed by atoms with Crippen molar-refractivity contribution in [3.05, 3.63) is 66.1 Å². The van der Waals surface area contributed by atoms with Crippen LogP contribution in [0.25, 0.3) is 0 Å². The van der Waals surface area contributed by atoms with Gasteiger partial charge >= 0.3 is 6.01 Å². The van der Waals surface area contributed by atoms with Gasteiger partial charge in [0.25, 0.3) is 5.91 Å². The first-order valence-corrected chi connectivity index (χ1v) is 11.8. The summed E-state index contributed by atoms with van der Waals surface area (Å²) < 4.78 is 35.7. The number of nitrogens with zero attached hydrogens (tertiary/aromatic N) is 2. The van der Waals surface area contributed by atoms with Gasteiger partial charge in [-0.2, -0.15) is 0 Å².